The number of piperidine rings is 1. The van der Waals surface area contributed by atoms with Crippen molar-refractivity contribution in [1.82, 2.24) is 20.4 Å². The van der Waals surface area contributed by atoms with Crippen molar-refractivity contribution in [2.24, 2.45) is 0 Å². The van der Waals surface area contributed by atoms with E-state index in [9.17, 15) is 9.59 Å². The normalized spacial score (nSPS) is 14.4. The molecule has 4 rings (SSSR count). The number of carbonyl (C=O) groups excluding carboxylic acids is 2. The summed E-state index contributed by atoms with van der Waals surface area (Å²) >= 11 is 0. The molecule has 1 N–H and O–H groups in total. The number of fused-ring (bicyclic) bond motifs is 1. The highest BCUT2D eigenvalue weighted by Gasteiger charge is 2.22. The summed E-state index contributed by atoms with van der Waals surface area (Å²) in [6, 6.07) is 3.57. The molecule has 8 heteroatoms. The Morgan fingerprint density at radius 1 is 1.14 bits per heavy atom. The summed E-state index contributed by atoms with van der Waals surface area (Å²) in [6.07, 6.45) is 3.17. The topological polar surface area (TPSA) is 101 Å². The maximum Gasteiger partial charge on any atom is 0.259 e. The molecule has 0 unspecified atom stereocenters. The van der Waals surface area contributed by atoms with Crippen LogP contribution < -0.4 is 5.32 Å². The van der Waals surface area contributed by atoms with Crippen LogP contribution in [0.3, 0.4) is 0 Å². The highest BCUT2D eigenvalue weighted by Crippen LogP contribution is 2.30. The number of nitrogens with zero attached hydrogens (tertiary/aromatic N) is 3. The maximum atomic E-state index is 13.0. The fraction of sp³-hybridized carbons (Fsp3) is 0.429. The van der Waals surface area contributed by atoms with Crippen LogP contribution in [-0.4, -0.2) is 46.5 Å². The summed E-state index contributed by atoms with van der Waals surface area (Å²) in [5.74, 6) is 1.04. The Kier molecular flexibility index (Phi) is 5.08. The smallest absolute Gasteiger partial charge is 0.259 e. The maximum absolute atomic E-state index is 13.0. The van der Waals surface area contributed by atoms with Gasteiger partial charge in [-0.2, -0.15) is 0 Å². The van der Waals surface area contributed by atoms with Gasteiger partial charge < -0.3 is 19.2 Å². The molecule has 1 saturated heterocycles. The van der Waals surface area contributed by atoms with Crippen molar-refractivity contribution in [3.8, 4) is 11.3 Å². The lowest BCUT2D eigenvalue weighted by Crippen LogP contribution is -2.42. The van der Waals surface area contributed by atoms with Crippen molar-refractivity contribution in [2.45, 2.75) is 40.0 Å². The van der Waals surface area contributed by atoms with Crippen LogP contribution in [-0.2, 0) is 4.79 Å². The molecule has 1 aliphatic rings. The van der Waals surface area contributed by atoms with Crippen LogP contribution in [0.2, 0.25) is 0 Å². The van der Waals surface area contributed by atoms with Crippen LogP contribution in [0.4, 0.5) is 0 Å². The molecule has 0 atom stereocenters. The Balaban J connectivity index is 1.63. The van der Waals surface area contributed by atoms with E-state index in [1.807, 2.05) is 19.9 Å². The number of hydrogen-bond donors (Lipinski definition) is 1. The zero-order chi connectivity index (χ0) is 20.5. The predicted octanol–water partition coefficient (Wildman–Crippen LogP) is 3.15. The molecule has 29 heavy (non-hydrogen) atoms. The standard InChI is InChI=1S/C21H24N4O4/c1-12-9-15(14(3)28-12)17-10-16(19-13(2)24-29-21(19)23-17)20(27)22-11-18(26)25-7-5-4-6-8-25/h9-10H,4-8,11H2,1-3H3,(H,22,27). The van der Waals surface area contributed by atoms with Gasteiger partial charge in [-0.1, -0.05) is 5.16 Å². The summed E-state index contributed by atoms with van der Waals surface area (Å²) < 4.78 is 10.9. The molecule has 0 aliphatic carbocycles. The summed E-state index contributed by atoms with van der Waals surface area (Å²) in [5, 5.41) is 7.26. The summed E-state index contributed by atoms with van der Waals surface area (Å²) in [5.41, 5.74) is 2.60. The molecule has 1 fully saturated rings. The largest absolute Gasteiger partial charge is 0.466 e. The lowest BCUT2D eigenvalue weighted by molar-refractivity contribution is -0.130. The molecule has 0 radical (unpaired) electrons. The molecule has 0 bridgehead atoms. The van der Waals surface area contributed by atoms with Crippen LogP contribution >= 0.6 is 0 Å². The first-order valence-corrected chi connectivity index (χ1v) is 9.84. The fourth-order valence-electron chi connectivity index (χ4n) is 3.80. The lowest BCUT2D eigenvalue weighted by atomic mass is 10.1. The first-order valence-electron chi connectivity index (χ1n) is 9.84. The molecule has 2 amide bonds. The number of amides is 2. The molecule has 1 aliphatic heterocycles. The summed E-state index contributed by atoms with van der Waals surface area (Å²) in [4.78, 5) is 31.7. The summed E-state index contributed by atoms with van der Waals surface area (Å²) in [7, 11) is 0. The van der Waals surface area contributed by atoms with E-state index in [0.717, 1.165) is 43.7 Å². The van der Waals surface area contributed by atoms with Crippen LogP contribution in [0.15, 0.2) is 21.1 Å². The Bertz CT molecular complexity index is 1080. The van der Waals surface area contributed by atoms with Gasteiger partial charge in [0.15, 0.2) is 0 Å². The van der Waals surface area contributed by atoms with Crippen LogP contribution in [0, 0.1) is 20.8 Å². The van der Waals surface area contributed by atoms with Gasteiger partial charge in [0.05, 0.1) is 28.9 Å². The number of furan rings is 1. The number of pyridine rings is 1. The third-order valence-electron chi connectivity index (χ3n) is 5.29. The van der Waals surface area contributed by atoms with Gasteiger partial charge in [-0.3, -0.25) is 9.59 Å². The van der Waals surface area contributed by atoms with E-state index in [-0.39, 0.29) is 24.1 Å². The van der Waals surface area contributed by atoms with Crippen molar-refractivity contribution in [3.63, 3.8) is 0 Å². The first kappa shape index (κ1) is 19.2. The van der Waals surface area contributed by atoms with E-state index in [4.69, 9.17) is 8.94 Å². The van der Waals surface area contributed by atoms with Gasteiger partial charge in [0, 0.05) is 18.7 Å². The Labute approximate surface area is 168 Å². The number of nitrogens with one attached hydrogen (secondary N) is 1. The average molecular weight is 396 g/mol. The lowest BCUT2D eigenvalue weighted by Gasteiger charge is -2.26. The zero-order valence-electron chi connectivity index (χ0n) is 16.9. The van der Waals surface area contributed by atoms with Gasteiger partial charge in [-0.05, 0) is 52.2 Å². The van der Waals surface area contributed by atoms with Gasteiger partial charge >= 0.3 is 0 Å². The fourth-order valence-corrected chi connectivity index (χ4v) is 3.80. The van der Waals surface area contributed by atoms with Gasteiger partial charge in [-0.15, -0.1) is 0 Å². The Morgan fingerprint density at radius 3 is 2.59 bits per heavy atom. The van der Waals surface area contributed by atoms with Gasteiger partial charge in [-0.25, -0.2) is 4.98 Å². The van der Waals surface area contributed by atoms with Crippen molar-refractivity contribution in [3.05, 3.63) is 34.9 Å². The molecule has 152 valence electrons. The second-order valence-corrected chi connectivity index (χ2v) is 7.45. The van der Waals surface area contributed by atoms with E-state index in [0.29, 0.717) is 28.1 Å². The van der Waals surface area contributed by atoms with Gasteiger partial charge in [0.25, 0.3) is 11.6 Å². The molecular weight excluding hydrogens is 372 g/mol. The highest BCUT2D eigenvalue weighted by molar-refractivity contribution is 6.07. The van der Waals surface area contributed by atoms with Crippen LogP contribution in [0.1, 0.15) is 46.8 Å². The van der Waals surface area contributed by atoms with Crippen molar-refractivity contribution in [1.29, 1.82) is 0 Å². The van der Waals surface area contributed by atoms with Crippen molar-refractivity contribution in [2.75, 3.05) is 19.6 Å². The number of carbonyl (C=O) groups is 2. The Morgan fingerprint density at radius 2 is 1.90 bits per heavy atom. The van der Waals surface area contributed by atoms with E-state index in [2.05, 4.69) is 15.5 Å². The quantitative estimate of drug-likeness (QED) is 0.727. The molecule has 4 heterocycles. The first-order chi connectivity index (χ1) is 13.9. The van der Waals surface area contributed by atoms with Gasteiger partial charge in [0.1, 0.15) is 11.5 Å². The number of aryl methyl sites for hydroxylation is 3. The minimum Gasteiger partial charge on any atom is -0.466 e. The monoisotopic (exact) mass is 396 g/mol. The predicted molar refractivity (Wildman–Crippen MR) is 106 cm³/mol. The molecule has 3 aromatic heterocycles. The molecule has 0 saturated carbocycles. The molecule has 0 spiro atoms. The van der Waals surface area contributed by atoms with E-state index >= 15 is 0 Å². The molecule has 8 nitrogen and oxygen atoms in total. The second kappa shape index (κ2) is 7.69. The molecule has 0 aromatic carbocycles. The number of aromatic nitrogens is 2. The number of hydrogen-bond acceptors (Lipinski definition) is 6. The zero-order valence-corrected chi connectivity index (χ0v) is 16.9. The van der Waals surface area contributed by atoms with E-state index in [1.54, 1.807) is 17.9 Å². The minimum absolute atomic E-state index is 0.0356. The van der Waals surface area contributed by atoms with E-state index < -0.39 is 0 Å². The molecular formula is C21H24N4O4. The highest BCUT2D eigenvalue weighted by atomic mass is 16.5. The van der Waals surface area contributed by atoms with Crippen LogP contribution in [0.5, 0.6) is 0 Å². The van der Waals surface area contributed by atoms with E-state index in [1.165, 1.54) is 0 Å². The average Bonchev–Trinajstić information content (AvgIpc) is 3.27. The van der Waals surface area contributed by atoms with Gasteiger partial charge in [0.2, 0.25) is 5.91 Å². The number of likely N-dealkylation sites (tertiary alicyclic amines) is 1. The Hall–Kier alpha value is -3.16. The SMILES string of the molecule is Cc1cc(-c2cc(C(=O)NCC(=O)N3CCCCC3)c3c(C)noc3n2)c(C)o1. The van der Waals surface area contributed by atoms with Crippen molar-refractivity contribution < 1.29 is 18.5 Å². The summed E-state index contributed by atoms with van der Waals surface area (Å²) in [6.45, 7) is 6.93. The number of rotatable bonds is 4. The van der Waals surface area contributed by atoms with Crippen LogP contribution in [0.25, 0.3) is 22.4 Å². The third-order valence-corrected chi connectivity index (χ3v) is 5.29. The second-order valence-electron chi connectivity index (χ2n) is 7.45. The third kappa shape index (κ3) is 3.74. The molecule has 3 aromatic rings. The minimum atomic E-state index is -0.354. The van der Waals surface area contributed by atoms with Crippen molar-refractivity contribution >= 4 is 22.9 Å².